The number of carbonyl (C=O) groups excluding carboxylic acids is 1. The second kappa shape index (κ2) is 10.1. The minimum atomic E-state index is -4.89. The molecule has 11 heteroatoms. The molecule has 4 aromatic rings. The maximum Gasteiger partial charge on any atom is 0.418 e. The SMILES string of the molecule is Cc1cc([C@@H](NC(=O)c2cc(Cn3ccoc3=N)cc(-c3ncc(F)cc3C(F)(F)F)c2)C2CC2)ccc1F. The predicted molar refractivity (Wildman–Crippen MR) is 130 cm³/mol. The lowest BCUT2D eigenvalue weighted by molar-refractivity contribution is -0.137. The van der Waals surface area contributed by atoms with E-state index in [-0.39, 0.29) is 35.1 Å². The number of alkyl halides is 3. The highest BCUT2D eigenvalue weighted by molar-refractivity contribution is 5.96. The molecule has 1 aliphatic carbocycles. The number of nitrogens with one attached hydrogen (secondary N) is 2. The standard InChI is InChI=1S/C28H23F5N4O2/c1-15-8-18(4-5-23(15)30)24(17-2-3-17)36-26(38)20-10-16(14-37-6-7-39-27(37)34)9-19(11-20)25-22(28(31,32)33)12-21(29)13-35-25/h4-13,17,24,34H,2-3,14H2,1H3,(H,36,38)/t24-/m0/s1. The Morgan fingerprint density at radius 1 is 1.18 bits per heavy atom. The summed E-state index contributed by atoms with van der Waals surface area (Å²) in [6.45, 7) is 1.65. The van der Waals surface area contributed by atoms with Crippen LogP contribution in [0.4, 0.5) is 22.0 Å². The first kappa shape index (κ1) is 26.3. The summed E-state index contributed by atoms with van der Waals surface area (Å²) in [4.78, 5) is 17.2. The lowest BCUT2D eigenvalue weighted by Crippen LogP contribution is -2.30. The van der Waals surface area contributed by atoms with Gasteiger partial charge in [0.25, 0.3) is 11.6 Å². The lowest BCUT2D eigenvalue weighted by atomic mass is 9.97. The number of amides is 1. The van der Waals surface area contributed by atoms with Crippen LogP contribution in [0.3, 0.4) is 0 Å². The molecule has 1 atom stereocenters. The van der Waals surface area contributed by atoms with E-state index in [1.165, 1.54) is 41.3 Å². The minimum absolute atomic E-state index is 0.0230. The molecule has 0 radical (unpaired) electrons. The third-order valence-corrected chi connectivity index (χ3v) is 6.64. The van der Waals surface area contributed by atoms with E-state index in [2.05, 4.69) is 10.3 Å². The van der Waals surface area contributed by atoms with Gasteiger partial charge in [0.1, 0.15) is 17.9 Å². The molecule has 0 bridgehead atoms. The predicted octanol–water partition coefficient (Wildman–Crippen LogP) is 6.16. The van der Waals surface area contributed by atoms with E-state index < -0.39 is 35.2 Å². The molecule has 2 aromatic carbocycles. The largest absolute Gasteiger partial charge is 0.432 e. The molecular weight excluding hydrogens is 519 g/mol. The third-order valence-electron chi connectivity index (χ3n) is 6.64. The zero-order valence-electron chi connectivity index (χ0n) is 20.7. The van der Waals surface area contributed by atoms with Crippen LogP contribution >= 0.6 is 0 Å². The van der Waals surface area contributed by atoms with Gasteiger partial charge in [0.15, 0.2) is 0 Å². The van der Waals surface area contributed by atoms with Crippen LogP contribution in [0.5, 0.6) is 0 Å². The Hall–Kier alpha value is -4.28. The number of pyridine rings is 1. The zero-order valence-corrected chi connectivity index (χ0v) is 20.7. The molecule has 0 unspecified atom stereocenters. The smallest absolute Gasteiger partial charge is 0.418 e. The minimum Gasteiger partial charge on any atom is -0.432 e. The fourth-order valence-corrected chi connectivity index (χ4v) is 4.55. The number of halogens is 5. The van der Waals surface area contributed by atoms with Crippen LogP contribution in [-0.4, -0.2) is 15.5 Å². The summed E-state index contributed by atoms with van der Waals surface area (Å²) in [6, 6.07) is 8.76. The van der Waals surface area contributed by atoms with Gasteiger partial charge < -0.3 is 9.73 Å². The first-order valence-corrected chi connectivity index (χ1v) is 12.1. The van der Waals surface area contributed by atoms with Gasteiger partial charge in [-0.15, -0.1) is 0 Å². The molecule has 2 heterocycles. The van der Waals surface area contributed by atoms with Crippen molar-refractivity contribution >= 4 is 5.91 Å². The summed E-state index contributed by atoms with van der Waals surface area (Å²) in [6.07, 6.45) is 0.285. The average molecular weight is 543 g/mol. The Balaban J connectivity index is 1.57. The molecule has 5 rings (SSSR count). The normalized spacial score (nSPS) is 14.3. The number of rotatable bonds is 7. The van der Waals surface area contributed by atoms with Gasteiger partial charge in [-0.3, -0.25) is 19.8 Å². The van der Waals surface area contributed by atoms with E-state index in [0.717, 1.165) is 18.4 Å². The quantitative estimate of drug-likeness (QED) is 0.275. The Morgan fingerprint density at radius 2 is 1.95 bits per heavy atom. The molecular formula is C28H23F5N4O2. The van der Waals surface area contributed by atoms with E-state index in [0.29, 0.717) is 23.4 Å². The van der Waals surface area contributed by atoms with Crippen molar-refractivity contribution in [3.63, 3.8) is 0 Å². The van der Waals surface area contributed by atoms with Gasteiger partial charge in [-0.1, -0.05) is 12.1 Å². The number of aromatic nitrogens is 2. The van der Waals surface area contributed by atoms with Crippen molar-refractivity contribution in [2.75, 3.05) is 0 Å². The highest BCUT2D eigenvalue weighted by Gasteiger charge is 2.36. The van der Waals surface area contributed by atoms with Gasteiger partial charge in [0.2, 0.25) is 0 Å². The summed E-state index contributed by atoms with van der Waals surface area (Å²) in [5.74, 6) is -1.91. The summed E-state index contributed by atoms with van der Waals surface area (Å²) < 4.78 is 75.4. The van der Waals surface area contributed by atoms with Gasteiger partial charge in [-0.25, -0.2) is 8.78 Å². The molecule has 1 fully saturated rings. The second-order valence-corrected chi connectivity index (χ2v) is 9.60. The van der Waals surface area contributed by atoms with Crippen LogP contribution in [0, 0.1) is 29.9 Å². The van der Waals surface area contributed by atoms with Gasteiger partial charge in [0, 0.05) is 17.3 Å². The zero-order chi connectivity index (χ0) is 27.9. The van der Waals surface area contributed by atoms with Crippen molar-refractivity contribution in [1.29, 1.82) is 5.41 Å². The molecule has 2 N–H and O–H groups in total. The van der Waals surface area contributed by atoms with Crippen LogP contribution in [0.25, 0.3) is 11.3 Å². The van der Waals surface area contributed by atoms with Crippen molar-refractivity contribution in [1.82, 2.24) is 14.9 Å². The van der Waals surface area contributed by atoms with Crippen molar-refractivity contribution in [2.45, 2.75) is 38.5 Å². The molecule has 1 amide bonds. The number of aryl methyl sites for hydroxylation is 1. The Kier molecular flexibility index (Phi) is 6.83. The van der Waals surface area contributed by atoms with Crippen molar-refractivity contribution in [3.05, 3.63) is 106 Å². The molecule has 2 aromatic heterocycles. The number of benzene rings is 2. The van der Waals surface area contributed by atoms with Crippen molar-refractivity contribution in [2.24, 2.45) is 5.92 Å². The van der Waals surface area contributed by atoms with Crippen LogP contribution < -0.4 is 11.0 Å². The van der Waals surface area contributed by atoms with Gasteiger partial charge in [0.05, 0.1) is 30.0 Å². The number of oxazole rings is 1. The molecule has 1 aliphatic rings. The Morgan fingerprint density at radius 3 is 2.59 bits per heavy atom. The Labute approximate surface area is 219 Å². The number of carbonyl (C=O) groups is 1. The van der Waals surface area contributed by atoms with Gasteiger partial charge >= 0.3 is 6.18 Å². The molecule has 6 nitrogen and oxygen atoms in total. The van der Waals surface area contributed by atoms with Gasteiger partial charge in [-0.2, -0.15) is 13.2 Å². The van der Waals surface area contributed by atoms with Crippen LogP contribution in [0.2, 0.25) is 0 Å². The Bertz CT molecular complexity index is 1600. The molecule has 0 aliphatic heterocycles. The lowest BCUT2D eigenvalue weighted by Gasteiger charge is -2.20. The van der Waals surface area contributed by atoms with Crippen molar-refractivity contribution in [3.8, 4) is 11.3 Å². The van der Waals surface area contributed by atoms with E-state index in [1.54, 1.807) is 19.1 Å². The first-order valence-electron chi connectivity index (χ1n) is 12.1. The van der Waals surface area contributed by atoms with E-state index in [1.807, 2.05) is 0 Å². The number of hydrogen-bond donors (Lipinski definition) is 2. The van der Waals surface area contributed by atoms with Crippen molar-refractivity contribution < 1.29 is 31.2 Å². The summed E-state index contributed by atoms with van der Waals surface area (Å²) in [5.41, 5.74) is -0.421. The van der Waals surface area contributed by atoms with Gasteiger partial charge in [-0.05, 0) is 72.7 Å². The second-order valence-electron chi connectivity index (χ2n) is 9.60. The third kappa shape index (κ3) is 5.76. The van der Waals surface area contributed by atoms with E-state index in [4.69, 9.17) is 9.83 Å². The average Bonchev–Trinajstić information content (AvgIpc) is 3.65. The fourth-order valence-electron chi connectivity index (χ4n) is 4.55. The monoisotopic (exact) mass is 542 g/mol. The first-order chi connectivity index (χ1) is 18.5. The highest BCUT2D eigenvalue weighted by Crippen LogP contribution is 2.42. The number of nitrogens with zero attached hydrogens (tertiary/aromatic N) is 2. The molecule has 202 valence electrons. The molecule has 1 saturated carbocycles. The fraction of sp³-hybridized carbons (Fsp3) is 0.250. The van der Waals surface area contributed by atoms with Crippen LogP contribution in [-0.2, 0) is 12.7 Å². The summed E-state index contributed by atoms with van der Waals surface area (Å²) >= 11 is 0. The summed E-state index contributed by atoms with van der Waals surface area (Å²) in [5, 5.41) is 10.8. The topological polar surface area (TPSA) is 83.9 Å². The maximum atomic E-state index is 13.9. The maximum absolute atomic E-state index is 13.9. The highest BCUT2D eigenvalue weighted by atomic mass is 19.4. The summed E-state index contributed by atoms with van der Waals surface area (Å²) in [7, 11) is 0. The number of hydrogen-bond acceptors (Lipinski definition) is 4. The van der Waals surface area contributed by atoms with E-state index >= 15 is 0 Å². The van der Waals surface area contributed by atoms with E-state index in [9.17, 15) is 26.7 Å². The van der Waals surface area contributed by atoms with Crippen LogP contribution in [0.1, 0.15) is 51.5 Å². The molecule has 39 heavy (non-hydrogen) atoms. The molecule has 0 spiro atoms. The van der Waals surface area contributed by atoms with Crippen LogP contribution in [0.15, 0.2) is 65.5 Å². The molecule has 0 saturated heterocycles.